The monoisotopic (exact) mass is 159 g/mol. The van der Waals surface area contributed by atoms with Crippen LogP contribution in [0.3, 0.4) is 0 Å². The van der Waals surface area contributed by atoms with Gasteiger partial charge in [-0.15, -0.1) is 0 Å². The number of thiocarbonyl (C=S) groups is 1. The van der Waals surface area contributed by atoms with Crippen LogP contribution in [0.5, 0.6) is 0 Å². The number of ether oxygens (including phenoxy) is 1. The zero-order chi connectivity index (χ0) is 8.15. The summed E-state index contributed by atoms with van der Waals surface area (Å²) in [5.41, 5.74) is 5.93. The van der Waals surface area contributed by atoms with Crippen molar-refractivity contribution in [3.63, 3.8) is 0 Å². The Balaban J connectivity index is 4.53. The molecule has 0 radical (unpaired) electrons. The molecule has 0 amide bonds. The fourth-order valence-corrected chi connectivity index (χ4v) is 0.694. The van der Waals surface area contributed by atoms with Crippen LogP contribution in [-0.4, -0.2) is 18.4 Å². The minimum absolute atomic E-state index is 0.248. The minimum Gasteiger partial charge on any atom is -0.465 e. The van der Waals surface area contributed by atoms with Gasteiger partial charge in [0.25, 0.3) is 0 Å². The van der Waals surface area contributed by atoms with E-state index in [-0.39, 0.29) is 5.57 Å². The minimum atomic E-state index is -0.491. The van der Waals surface area contributed by atoms with Gasteiger partial charge in [0.15, 0.2) is 0 Å². The van der Waals surface area contributed by atoms with Gasteiger partial charge in [-0.3, -0.25) is 0 Å². The second-order valence-corrected chi connectivity index (χ2v) is 1.94. The van der Waals surface area contributed by atoms with E-state index in [0.717, 1.165) is 0 Å². The van der Waals surface area contributed by atoms with Crippen LogP contribution in [0.2, 0.25) is 0 Å². The van der Waals surface area contributed by atoms with E-state index in [1.807, 2.05) is 0 Å². The first-order valence-corrected chi connectivity index (χ1v) is 3.10. The maximum absolute atomic E-state index is 10.7. The molecule has 0 bridgehead atoms. The fourth-order valence-electron chi connectivity index (χ4n) is 0.412. The van der Waals surface area contributed by atoms with E-state index < -0.39 is 5.97 Å². The predicted octanol–water partition coefficient (Wildman–Crippen LogP) is 0.392. The Morgan fingerprint density at radius 2 is 2.20 bits per heavy atom. The molecular formula is C6H9NO2S. The lowest BCUT2D eigenvalue weighted by molar-refractivity contribution is -0.135. The highest BCUT2D eigenvalue weighted by atomic mass is 32.1. The van der Waals surface area contributed by atoms with Crippen molar-refractivity contribution in [3.05, 3.63) is 11.3 Å². The predicted molar refractivity (Wildman–Crippen MR) is 42.6 cm³/mol. The molecule has 0 spiro atoms. The summed E-state index contributed by atoms with van der Waals surface area (Å²) in [6, 6.07) is 0. The van der Waals surface area contributed by atoms with E-state index in [9.17, 15) is 4.79 Å². The third-order valence-corrected chi connectivity index (χ3v) is 1.18. The Kier molecular flexibility index (Phi) is 3.64. The molecule has 2 N–H and O–H groups in total. The molecule has 0 aliphatic carbocycles. The molecule has 0 aromatic heterocycles. The normalized spacial score (nSPS) is 11.8. The second kappa shape index (κ2) is 4.00. The lowest BCUT2D eigenvalue weighted by Gasteiger charge is -1.99. The number of nitrogens with two attached hydrogens (primary N) is 1. The number of esters is 1. The van der Waals surface area contributed by atoms with Crippen molar-refractivity contribution in [3.8, 4) is 0 Å². The third kappa shape index (κ3) is 2.14. The second-order valence-electron chi connectivity index (χ2n) is 1.71. The highest BCUT2D eigenvalue weighted by molar-refractivity contribution is 7.79. The van der Waals surface area contributed by atoms with Gasteiger partial charge < -0.3 is 10.5 Å². The topological polar surface area (TPSA) is 52.3 Å². The van der Waals surface area contributed by atoms with Crippen molar-refractivity contribution in [2.45, 2.75) is 6.92 Å². The third-order valence-electron chi connectivity index (χ3n) is 0.948. The number of carbonyl (C=O) groups excluding carboxylic acids is 1. The lowest BCUT2D eigenvalue weighted by atomic mass is 10.2. The molecule has 0 aliphatic heterocycles. The summed E-state index contributed by atoms with van der Waals surface area (Å²) in [6.45, 7) is 1.59. The highest BCUT2D eigenvalue weighted by Crippen LogP contribution is 1.97. The van der Waals surface area contributed by atoms with Crippen molar-refractivity contribution >= 4 is 23.6 Å². The summed E-state index contributed by atoms with van der Waals surface area (Å²) < 4.78 is 4.39. The number of rotatable bonds is 2. The average Bonchev–Trinajstić information content (AvgIpc) is 1.88. The maximum atomic E-state index is 10.7. The maximum Gasteiger partial charge on any atom is 0.340 e. The summed E-state index contributed by atoms with van der Waals surface area (Å²) in [5, 5.41) is 1.21. The molecule has 0 heterocycles. The van der Waals surface area contributed by atoms with Gasteiger partial charge in [0, 0.05) is 11.1 Å². The Labute approximate surface area is 64.8 Å². The van der Waals surface area contributed by atoms with Crippen molar-refractivity contribution in [2.24, 2.45) is 5.73 Å². The molecule has 3 nitrogen and oxygen atoms in total. The molecule has 0 rings (SSSR count). The van der Waals surface area contributed by atoms with Crippen LogP contribution >= 0.6 is 12.2 Å². The van der Waals surface area contributed by atoms with E-state index in [2.05, 4.69) is 17.0 Å². The van der Waals surface area contributed by atoms with Gasteiger partial charge in [-0.25, -0.2) is 4.79 Å². The van der Waals surface area contributed by atoms with Gasteiger partial charge in [0.1, 0.15) is 0 Å². The first-order chi connectivity index (χ1) is 4.63. The van der Waals surface area contributed by atoms with E-state index in [1.54, 1.807) is 6.92 Å². The summed E-state index contributed by atoms with van der Waals surface area (Å²) >= 11 is 4.53. The SMILES string of the molecule is COC(=O)C(C=S)=C(C)N. The zero-order valence-electron chi connectivity index (χ0n) is 5.88. The van der Waals surface area contributed by atoms with Crippen LogP contribution in [0.25, 0.3) is 0 Å². The smallest absolute Gasteiger partial charge is 0.340 e. The van der Waals surface area contributed by atoms with E-state index in [4.69, 9.17) is 5.73 Å². The Morgan fingerprint density at radius 3 is 2.30 bits per heavy atom. The largest absolute Gasteiger partial charge is 0.465 e. The van der Waals surface area contributed by atoms with E-state index in [1.165, 1.54) is 12.5 Å². The molecule has 0 aromatic rings. The van der Waals surface area contributed by atoms with Gasteiger partial charge >= 0.3 is 5.97 Å². The van der Waals surface area contributed by atoms with Gasteiger partial charge in [-0.2, -0.15) is 0 Å². The summed E-state index contributed by atoms with van der Waals surface area (Å²) in [6.07, 6.45) is 0. The summed E-state index contributed by atoms with van der Waals surface area (Å²) in [4.78, 5) is 10.7. The molecule has 0 atom stereocenters. The van der Waals surface area contributed by atoms with Gasteiger partial charge in [0.2, 0.25) is 0 Å². The number of methoxy groups -OCH3 is 1. The number of allylic oxidation sites excluding steroid dienone is 1. The van der Waals surface area contributed by atoms with Crippen LogP contribution in [0, 0.1) is 0 Å². The molecule has 0 unspecified atom stereocenters. The van der Waals surface area contributed by atoms with Crippen molar-refractivity contribution < 1.29 is 9.53 Å². The number of carbonyl (C=O) groups is 1. The van der Waals surface area contributed by atoms with Crippen molar-refractivity contribution in [1.82, 2.24) is 0 Å². The van der Waals surface area contributed by atoms with Crippen LogP contribution in [0.4, 0.5) is 0 Å². The van der Waals surface area contributed by atoms with Crippen LogP contribution in [0.15, 0.2) is 11.3 Å². The quantitative estimate of drug-likeness (QED) is 0.360. The first kappa shape index (κ1) is 9.10. The molecule has 0 saturated heterocycles. The molecular weight excluding hydrogens is 150 g/mol. The Morgan fingerprint density at radius 1 is 1.70 bits per heavy atom. The summed E-state index contributed by atoms with van der Waals surface area (Å²) in [5.74, 6) is -0.491. The molecule has 0 aromatic carbocycles. The van der Waals surface area contributed by atoms with Crippen LogP contribution < -0.4 is 5.73 Å². The average molecular weight is 159 g/mol. The molecule has 4 heteroatoms. The van der Waals surface area contributed by atoms with E-state index >= 15 is 0 Å². The molecule has 10 heavy (non-hydrogen) atoms. The number of hydrogen-bond acceptors (Lipinski definition) is 4. The molecule has 0 fully saturated rings. The van der Waals surface area contributed by atoms with Crippen LogP contribution in [-0.2, 0) is 9.53 Å². The summed E-state index contributed by atoms with van der Waals surface area (Å²) in [7, 11) is 1.28. The highest BCUT2D eigenvalue weighted by Gasteiger charge is 2.07. The van der Waals surface area contributed by atoms with Gasteiger partial charge in [0.05, 0.1) is 12.7 Å². The zero-order valence-corrected chi connectivity index (χ0v) is 6.70. The van der Waals surface area contributed by atoms with Gasteiger partial charge in [-0.05, 0) is 6.92 Å². The molecule has 56 valence electrons. The lowest BCUT2D eigenvalue weighted by Crippen LogP contribution is -2.11. The van der Waals surface area contributed by atoms with Crippen molar-refractivity contribution in [1.29, 1.82) is 0 Å². The van der Waals surface area contributed by atoms with Gasteiger partial charge in [-0.1, -0.05) is 12.2 Å². The van der Waals surface area contributed by atoms with Crippen molar-refractivity contribution in [2.75, 3.05) is 7.11 Å². The fraction of sp³-hybridized carbons (Fsp3) is 0.333. The van der Waals surface area contributed by atoms with Crippen LogP contribution in [0.1, 0.15) is 6.92 Å². The Hall–Kier alpha value is -0.900. The van der Waals surface area contributed by atoms with E-state index in [0.29, 0.717) is 5.70 Å². The molecule has 0 saturated carbocycles. The standard InChI is InChI=1S/C6H9NO2S/c1-4(7)5(3-10)6(8)9-2/h3H,7H2,1-2H3. The first-order valence-electron chi connectivity index (χ1n) is 2.63. The number of hydrogen-bond donors (Lipinski definition) is 1. The Bertz CT molecular complexity index is 182. The molecule has 0 aliphatic rings.